The summed E-state index contributed by atoms with van der Waals surface area (Å²) in [4.78, 5) is 24.6. The number of imidazole rings is 1. The van der Waals surface area contributed by atoms with Gasteiger partial charge in [0.05, 0.1) is 11.0 Å². The number of carbonyl (C=O) groups is 1. The second-order valence-electron chi connectivity index (χ2n) is 7.43. The summed E-state index contributed by atoms with van der Waals surface area (Å²) in [7, 11) is 1.80. The number of hydrogen-bond donors (Lipinski definition) is 2. The monoisotopic (exact) mass is 527 g/mol. The van der Waals surface area contributed by atoms with Crippen molar-refractivity contribution in [1.82, 2.24) is 30.0 Å². The van der Waals surface area contributed by atoms with E-state index in [9.17, 15) is 4.79 Å². The van der Waals surface area contributed by atoms with Crippen LogP contribution in [-0.4, -0.2) is 84.1 Å². The molecule has 2 aromatic rings. The molecule has 0 unspecified atom stereocenters. The Morgan fingerprint density at radius 3 is 2.50 bits per heavy atom. The molecule has 1 aliphatic rings. The van der Waals surface area contributed by atoms with E-state index >= 15 is 0 Å². The van der Waals surface area contributed by atoms with Gasteiger partial charge in [-0.25, -0.2) is 4.98 Å². The summed E-state index contributed by atoms with van der Waals surface area (Å²) < 4.78 is 2.27. The van der Waals surface area contributed by atoms with Gasteiger partial charge >= 0.3 is 0 Å². The molecule has 0 saturated carbocycles. The average molecular weight is 527 g/mol. The second-order valence-corrected chi connectivity index (χ2v) is 7.43. The Morgan fingerprint density at radius 1 is 1.10 bits per heavy atom. The fourth-order valence-corrected chi connectivity index (χ4v) is 3.76. The minimum absolute atomic E-state index is 0. The number of aliphatic imine (C=N–C) groups is 1. The van der Waals surface area contributed by atoms with Gasteiger partial charge in [-0.05, 0) is 25.5 Å². The van der Waals surface area contributed by atoms with Gasteiger partial charge in [-0.3, -0.25) is 14.7 Å². The number of rotatable bonds is 7. The zero-order chi connectivity index (χ0) is 20.6. The third-order valence-electron chi connectivity index (χ3n) is 5.46. The smallest absolute Gasteiger partial charge is 0.219 e. The highest BCUT2D eigenvalue weighted by Gasteiger charge is 2.17. The third-order valence-corrected chi connectivity index (χ3v) is 5.46. The molecule has 0 bridgehead atoms. The Bertz CT molecular complexity index is 843. The zero-order valence-corrected chi connectivity index (χ0v) is 20.6. The van der Waals surface area contributed by atoms with Crippen molar-refractivity contribution in [3.05, 3.63) is 30.1 Å². The number of nitrogens with one attached hydrogen (secondary N) is 2. The van der Waals surface area contributed by atoms with Gasteiger partial charge < -0.3 is 20.1 Å². The van der Waals surface area contributed by atoms with Gasteiger partial charge in [-0.15, -0.1) is 24.0 Å². The maximum Gasteiger partial charge on any atom is 0.219 e. The van der Waals surface area contributed by atoms with Crippen molar-refractivity contribution < 1.29 is 4.79 Å². The topological polar surface area (TPSA) is 77.8 Å². The van der Waals surface area contributed by atoms with E-state index in [4.69, 9.17) is 0 Å². The van der Waals surface area contributed by atoms with E-state index in [0.717, 1.165) is 76.1 Å². The Hall–Kier alpha value is -1.88. The number of amides is 1. The normalized spacial score (nSPS) is 15.2. The summed E-state index contributed by atoms with van der Waals surface area (Å²) in [5.41, 5.74) is 2.25. The molecule has 1 aromatic heterocycles. The van der Waals surface area contributed by atoms with Crippen LogP contribution in [0.25, 0.3) is 11.0 Å². The number of aromatic nitrogens is 2. The molecular formula is C21H34IN7O. The van der Waals surface area contributed by atoms with Gasteiger partial charge in [0.15, 0.2) is 5.96 Å². The lowest BCUT2D eigenvalue weighted by Gasteiger charge is -2.34. The summed E-state index contributed by atoms with van der Waals surface area (Å²) in [5, 5.41) is 6.78. The number of hydrogen-bond acceptors (Lipinski definition) is 4. The molecule has 1 aliphatic heterocycles. The second kappa shape index (κ2) is 12.1. The number of carbonyl (C=O) groups excluding carboxylic acids is 1. The molecule has 0 radical (unpaired) electrons. The lowest BCUT2D eigenvalue weighted by molar-refractivity contribution is -0.130. The quantitative estimate of drug-likeness (QED) is 0.248. The van der Waals surface area contributed by atoms with Crippen LogP contribution < -0.4 is 10.6 Å². The highest BCUT2D eigenvalue weighted by atomic mass is 127. The zero-order valence-electron chi connectivity index (χ0n) is 18.2. The molecule has 2 N–H and O–H groups in total. The minimum atomic E-state index is 0. The summed E-state index contributed by atoms with van der Waals surface area (Å²) in [5.74, 6) is 2.06. The van der Waals surface area contributed by atoms with Gasteiger partial charge in [0.25, 0.3) is 0 Å². The molecule has 1 saturated heterocycles. The Balaban J connectivity index is 0.00000320. The van der Waals surface area contributed by atoms with Crippen LogP contribution in [0.2, 0.25) is 0 Å². The summed E-state index contributed by atoms with van der Waals surface area (Å²) in [6.07, 6.45) is 0.995. The first-order chi connectivity index (χ1) is 14.1. The SMILES string of the molecule is CN=C(NCCCn1c(C)nc2ccccc21)NCCN1CCN(C(C)=O)CC1.I. The summed E-state index contributed by atoms with van der Waals surface area (Å²) >= 11 is 0. The fourth-order valence-electron chi connectivity index (χ4n) is 3.76. The van der Waals surface area contributed by atoms with Gasteiger partial charge in [0, 0.05) is 66.3 Å². The molecule has 8 nitrogen and oxygen atoms in total. The highest BCUT2D eigenvalue weighted by molar-refractivity contribution is 14.0. The standard InChI is InChI=1S/C21H33N7O.HI/c1-17-25-19-7-4-5-8-20(19)28(17)11-6-9-23-21(22-3)24-10-12-26-13-15-27(16-14-26)18(2)29;/h4-5,7-8H,6,9-16H2,1-3H3,(H2,22,23,24);1H. The lowest BCUT2D eigenvalue weighted by atomic mass is 10.3. The molecule has 1 fully saturated rings. The van der Waals surface area contributed by atoms with Crippen molar-refractivity contribution in [2.24, 2.45) is 4.99 Å². The van der Waals surface area contributed by atoms with Crippen LogP contribution in [0.5, 0.6) is 0 Å². The molecule has 166 valence electrons. The van der Waals surface area contributed by atoms with Crippen LogP contribution >= 0.6 is 24.0 Å². The van der Waals surface area contributed by atoms with Gasteiger partial charge in [-0.2, -0.15) is 0 Å². The predicted octanol–water partition coefficient (Wildman–Crippen LogP) is 1.68. The highest BCUT2D eigenvalue weighted by Crippen LogP contribution is 2.15. The Kier molecular flexibility index (Phi) is 9.83. The Labute approximate surface area is 196 Å². The van der Waals surface area contributed by atoms with Crippen LogP contribution in [-0.2, 0) is 11.3 Å². The largest absolute Gasteiger partial charge is 0.356 e. The molecule has 2 heterocycles. The van der Waals surface area contributed by atoms with Crippen molar-refractivity contribution in [1.29, 1.82) is 0 Å². The predicted molar refractivity (Wildman–Crippen MR) is 133 cm³/mol. The molecule has 9 heteroatoms. The summed E-state index contributed by atoms with van der Waals surface area (Å²) in [6, 6.07) is 8.27. The number of nitrogens with zero attached hydrogens (tertiary/aromatic N) is 5. The molecule has 3 rings (SSSR count). The van der Waals surface area contributed by atoms with E-state index in [0.29, 0.717) is 0 Å². The number of piperazine rings is 1. The van der Waals surface area contributed by atoms with E-state index in [1.807, 2.05) is 11.0 Å². The van der Waals surface area contributed by atoms with Gasteiger partial charge in [-0.1, -0.05) is 12.1 Å². The number of guanidine groups is 1. The molecule has 1 aromatic carbocycles. The molecule has 30 heavy (non-hydrogen) atoms. The number of aryl methyl sites for hydroxylation is 2. The van der Waals surface area contributed by atoms with E-state index in [1.165, 1.54) is 5.52 Å². The van der Waals surface area contributed by atoms with Crippen molar-refractivity contribution in [3.8, 4) is 0 Å². The van der Waals surface area contributed by atoms with E-state index < -0.39 is 0 Å². The van der Waals surface area contributed by atoms with Crippen LogP contribution in [0, 0.1) is 6.92 Å². The lowest BCUT2D eigenvalue weighted by Crippen LogP contribution is -2.50. The van der Waals surface area contributed by atoms with Crippen molar-refractivity contribution in [2.45, 2.75) is 26.8 Å². The van der Waals surface area contributed by atoms with Crippen LogP contribution in [0.4, 0.5) is 0 Å². The Morgan fingerprint density at radius 2 is 1.80 bits per heavy atom. The molecular weight excluding hydrogens is 493 g/mol. The van der Waals surface area contributed by atoms with E-state index in [1.54, 1.807) is 14.0 Å². The first-order valence-electron chi connectivity index (χ1n) is 10.4. The first-order valence-corrected chi connectivity index (χ1v) is 10.4. The van der Waals surface area contributed by atoms with Crippen molar-refractivity contribution in [3.63, 3.8) is 0 Å². The van der Waals surface area contributed by atoms with Crippen molar-refractivity contribution in [2.75, 3.05) is 52.9 Å². The molecule has 0 atom stereocenters. The summed E-state index contributed by atoms with van der Waals surface area (Å²) in [6.45, 7) is 10.8. The maximum absolute atomic E-state index is 11.4. The fraction of sp³-hybridized carbons (Fsp3) is 0.571. The number of benzene rings is 1. The maximum atomic E-state index is 11.4. The molecule has 1 amide bonds. The average Bonchev–Trinajstić information content (AvgIpc) is 3.05. The van der Waals surface area contributed by atoms with E-state index in [2.05, 4.69) is 55.2 Å². The van der Waals surface area contributed by atoms with Crippen LogP contribution in [0.3, 0.4) is 0 Å². The van der Waals surface area contributed by atoms with Crippen molar-refractivity contribution >= 4 is 46.9 Å². The number of para-hydroxylation sites is 2. The minimum Gasteiger partial charge on any atom is -0.356 e. The third kappa shape index (κ3) is 6.56. The van der Waals surface area contributed by atoms with Gasteiger partial charge in [0.1, 0.15) is 5.82 Å². The first kappa shape index (κ1) is 24.4. The van der Waals surface area contributed by atoms with Crippen LogP contribution in [0.15, 0.2) is 29.3 Å². The van der Waals surface area contributed by atoms with E-state index in [-0.39, 0.29) is 29.9 Å². The number of fused-ring (bicyclic) bond motifs is 1. The van der Waals surface area contributed by atoms with Crippen LogP contribution in [0.1, 0.15) is 19.2 Å². The number of halogens is 1. The molecule has 0 spiro atoms. The van der Waals surface area contributed by atoms with Gasteiger partial charge in [0.2, 0.25) is 5.91 Å². The molecule has 0 aliphatic carbocycles.